The molecule has 0 fully saturated rings. The second-order valence-corrected chi connectivity index (χ2v) is 8.14. The highest BCUT2D eigenvalue weighted by Crippen LogP contribution is 2.19. The summed E-state index contributed by atoms with van der Waals surface area (Å²) in [5.74, 6) is 1.58. The number of ether oxygens (including phenoxy) is 1. The van der Waals surface area contributed by atoms with Crippen molar-refractivity contribution in [2.45, 2.75) is 24.8 Å². The lowest BCUT2D eigenvalue weighted by atomic mass is 10.1. The first-order valence-corrected chi connectivity index (χ1v) is 10.5. The number of hydrogen-bond acceptors (Lipinski definition) is 4. The first kappa shape index (κ1) is 21.7. The fraction of sp³-hybridized carbons (Fsp3) is 0.350. The molecular weight excluding hydrogens is 376 g/mol. The summed E-state index contributed by atoms with van der Waals surface area (Å²) in [4.78, 5) is 4.46. The van der Waals surface area contributed by atoms with Crippen molar-refractivity contribution in [2.75, 3.05) is 27.7 Å². The highest BCUT2D eigenvalue weighted by Gasteiger charge is 2.10. The van der Waals surface area contributed by atoms with Crippen LogP contribution in [0.1, 0.15) is 16.7 Å². The molecule has 0 spiro atoms. The lowest BCUT2D eigenvalue weighted by Gasteiger charge is -2.13. The van der Waals surface area contributed by atoms with Gasteiger partial charge in [-0.2, -0.15) is 0 Å². The van der Waals surface area contributed by atoms with Crippen LogP contribution in [0.4, 0.5) is 0 Å². The fourth-order valence-corrected chi connectivity index (χ4v) is 3.39. The summed E-state index contributed by atoms with van der Waals surface area (Å²) >= 11 is 0. The number of benzene rings is 2. The number of hydrogen-bond donors (Lipinski definition) is 3. The highest BCUT2D eigenvalue weighted by molar-refractivity contribution is 7.89. The predicted molar refractivity (Wildman–Crippen MR) is 112 cm³/mol. The van der Waals surface area contributed by atoms with Crippen molar-refractivity contribution in [3.8, 4) is 5.75 Å². The molecule has 0 amide bonds. The van der Waals surface area contributed by atoms with E-state index in [0.717, 1.165) is 29.8 Å². The zero-order valence-electron chi connectivity index (χ0n) is 16.7. The molecule has 152 valence electrons. The first-order chi connectivity index (χ1) is 13.4. The molecule has 0 aliphatic heterocycles. The second kappa shape index (κ2) is 10.1. The number of aryl methyl sites for hydroxylation is 1. The lowest BCUT2D eigenvalue weighted by Crippen LogP contribution is -2.37. The molecule has 8 heteroatoms. The van der Waals surface area contributed by atoms with Gasteiger partial charge in [-0.05, 0) is 55.3 Å². The third kappa shape index (κ3) is 5.97. The third-order valence-electron chi connectivity index (χ3n) is 4.36. The normalized spacial score (nSPS) is 11.9. The molecule has 0 saturated carbocycles. The smallest absolute Gasteiger partial charge is 0.240 e. The minimum absolute atomic E-state index is 0.245. The van der Waals surface area contributed by atoms with E-state index in [-0.39, 0.29) is 4.90 Å². The van der Waals surface area contributed by atoms with Gasteiger partial charge in [0.15, 0.2) is 5.96 Å². The summed E-state index contributed by atoms with van der Waals surface area (Å²) in [5.41, 5.74) is 3.26. The van der Waals surface area contributed by atoms with Gasteiger partial charge in [0.25, 0.3) is 0 Å². The van der Waals surface area contributed by atoms with Crippen molar-refractivity contribution in [2.24, 2.45) is 4.99 Å². The van der Waals surface area contributed by atoms with E-state index in [1.54, 1.807) is 38.4 Å². The van der Waals surface area contributed by atoms with Crippen molar-refractivity contribution < 1.29 is 13.2 Å². The van der Waals surface area contributed by atoms with Crippen LogP contribution in [0.3, 0.4) is 0 Å². The van der Waals surface area contributed by atoms with Crippen LogP contribution in [-0.4, -0.2) is 42.1 Å². The van der Waals surface area contributed by atoms with Crippen molar-refractivity contribution in [1.29, 1.82) is 0 Å². The minimum atomic E-state index is -3.41. The van der Waals surface area contributed by atoms with Gasteiger partial charge in [-0.1, -0.05) is 24.3 Å². The lowest BCUT2D eigenvalue weighted by molar-refractivity contribution is 0.411. The Bertz CT molecular complexity index is 910. The molecule has 0 saturated heterocycles. The van der Waals surface area contributed by atoms with Gasteiger partial charge in [0.05, 0.1) is 12.0 Å². The van der Waals surface area contributed by atoms with Gasteiger partial charge in [-0.15, -0.1) is 0 Å². The Labute approximate surface area is 167 Å². The molecule has 0 unspecified atom stereocenters. The van der Waals surface area contributed by atoms with Crippen LogP contribution in [0.15, 0.2) is 52.4 Å². The maximum Gasteiger partial charge on any atom is 0.240 e. The van der Waals surface area contributed by atoms with Gasteiger partial charge in [0, 0.05) is 20.1 Å². The Balaban J connectivity index is 1.85. The predicted octanol–water partition coefficient (Wildman–Crippen LogP) is 1.82. The maximum absolute atomic E-state index is 11.8. The number of guanidine groups is 1. The molecule has 2 aromatic rings. The Morgan fingerprint density at radius 3 is 2.36 bits per heavy atom. The van der Waals surface area contributed by atoms with E-state index in [4.69, 9.17) is 4.74 Å². The minimum Gasteiger partial charge on any atom is -0.496 e. The van der Waals surface area contributed by atoms with Crippen LogP contribution in [0.2, 0.25) is 0 Å². The highest BCUT2D eigenvalue weighted by atomic mass is 32.2. The van der Waals surface area contributed by atoms with Crippen molar-refractivity contribution in [3.63, 3.8) is 0 Å². The van der Waals surface area contributed by atoms with E-state index < -0.39 is 10.0 Å². The summed E-state index contributed by atoms with van der Waals surface area (Å²) in [5, 5.41) is 6.50. The van der Waals surface area contributed by atoms with Crippen molar-refractivity contribution in [1.82, 2.24) is 15.4 Å². The zero-order chi connectivity index (χ0) is 20.6. The van der Waals surface area contributed by atoms with Crippen LogP contribution >= 0.6 is 0 Å². The molecule has 0 aliphatic carbocycles. The molecule has 0 radical (unpaired) electrons. The van der Waals surface area contributed by atoms with E-state index in [2.05, 4.69) is 32.5 Å². The fourth-order valence-electron chi connectivity index (χ4n) is 2.66. The third-order valence-corrected chi connectivity index (χ3v) is 5.79. The summed E-state index contributed by atoms with van der Waals surface area (Å²) < 4.78 is 31.2. The number of sulfonamides is 1. The van der Waals surface area contributed by atoms with Gasteiger partial charge >= 0.3 is 0 Å². The molecule has 2 rings (SSSR count). The summed E-state index contributed by atoms with van der Waals surface area (Å²) in [6.45, 7) is 3.29. The van der Waals surface area contributed by atoms with Gasteiger partial charge < -0.3 is 15.4 Å². The van der Waals surface area contributed by atoms with Crippen LogP contribution in [0, 0.1) is 6.92 Å². The first-order valence-electron chi connectivity index (χ1n) is 9.00. The Morgan fingerprint density at radius 2 is 1.75 bits per heavy atom. The van der Waals surface area contributed by atoms with Gasteiger partial charge in [-0.25, -0.2) is 13.1 Å². The number of nitrogens with one attached hydrogen (secondary N) is 3. The zero-order valence-corrected chi connectivity index (χ0v) is 17.6. The topological polar surface area (TPSA) is 91.8 Å². The molecule has 0 aromatic heterocycles. The van der Waals surface area contributed by atoms with Crippen LogP contribution in [0.5, 0.6) is 5.75 Å². The number of methoxy groups -OCH3 is 1. The molecule has 28 heavy (non-hydrogen) atoms. The summed E-state index contributed by atoms with van der Waals surface area (Å²) in [7, 11) is 1.38. The molecule has 7 nitrogen and oxygen atoms in total. The molecule has 0 heterocycles. The number of aliphatic imine (C=N–C) groups is 1. The summed E-state index contributed by atoms with van der Waals surface area (Å²) in [6.07, 6.45) is 0.841. The van der Waals surface area contributed by atoms with E-state index in [9.17, 15) is 8.42 Å². The molecule has 0 atom stereocenters. The van der Waals surface area contributed by atoms with E-state index >= 15 is 0 Å². The SMILES string of the molecule is CN=C(NCCc1ccc(C)c(OC)c1)NCc1ccc(S(=O)(=O)NC)cc1. The monoisotopic (exact) mass is 404 g/mol. The maximum atomic E-state index is 11.8. The standard InChI is InChI=1S/C20H28N4O3S/c1-15-5-6-16(13-19(15)27-4)11-12-23-20(21-2)24-14-17-7-9-18(10-8-17)28(25,26)22-3/h5-10,13,22H,11-12,14H2,1-4H3,(H2,21,23,24). The van der Waals surface area contributed by atoms with Crippen LogP contribution in [0.25, 0.3) is 0 Å². The molecule has 0 aliphatic rings. The molecule has 2 aromatic carbocycles. The number of nitrogens with zero attached hydrogens (tertiary/aromatic N) is 1. The second-order valence-electron chi connectivity index (χ2n) is 6.26. The quantitative estimate of drug-likeness (QED) is 0.461. The van der Waals surface area contributed by atoms with E-state index in [1.807, 2.05) is 13.0 Å². The van der Waals surface area contributed by atoms with Gasteiger partial charge in [0.2, 0.25) is 10.0 Å². The Hall–Kier alpha value is -2.58. The Kier molecular flexibility index (Phi) is 7.83. The van der Waals surface area contributed by atoms with Crippen LogP contribution in [-0.2, 0) is 23.0 Å². The molecule has 0 bridgehead atoms. The van der Waals surface area contributed by atoms with E-state index in [0.29, 0.717) is 12.5 Å². The molecular formula is C20H28N4O3S. The summed E-state index contributed by atoms with van der Waals surface area (Å²) in [6, 6.07) is 12.9. The van der Waals surface area contributed by atoms with Gasteiger partial charge in [-0.3, -0.25) is 4.99 Å². The van der Waals surface area contributed by atoms with E-state index in [1.165, 1.54) is 12.6 Å². The number of rotatable bonds is 8. The van der Waals surface area contributed by atoms with Gasteiger partial charge in [0.1, 0.15) is 5.75 Å². The van der Waals surface area contributed by atoms with Crippen molar-refractivity contribution in [3.05, 3.63) is 59.2 Å². The average molecular weight is 405 g/mol. The van der Waals surface area contributed by atoms with Crippen molar-refractivity contribution >= 4 is 16.0 Å². The Morgan fingerprint density at radius 1 is 1.07 bits per heavy atom. The average Bonchev–Trinajstić information content (AvgIpc) is 2.72. The van der Waals surface area contributed by atoms with Crippen LogP contribution < -0.4 is 20.1 Å². The largest absolute Gasteiger partial charge is 0.496 e. The molecule has 3 N–H and O–H groups in total.